The van der Waals surface area contributed by atoms with Gasteiger partial charge in [0.25, 0.3) is 0 Å². The molecular weight excluding hydrogens is 264 g/mol. The molecule has 0 aliphatic heterocycles. The van der Waals surface area contributed by atoms with Crippen LogP contribution >= 0.6 is 0 Å². The summed E-state index contributed by atoms with van der Waals surface area (Å²) in [6, 6.07) is 0. The second-order valence-electron chi connectivity index (χ2n) is 7.41. The molecule has 0 spiro atoms. The number of hydrogen-bond donors (Lipinski definition) is 0. The van der Waals surface area contributed by atoms with Gasteiger partial charge in [0.1, 0.15) is 6.10 Å². The van der Waals surface area contributed by atoms with Crippen molar-refractivity contribution in [1.29, 1.82) is 0 Å². The van der Waals surface area contributed by atoms with E-state index in [4.69, 9.17) is 9.47 Å². The van der Waals surface area contributed by atoms with Crippen LogP contribution in [0.2, 0.25) is 0 Å². The Morgan fingerprint density at radius 3 is 2.62 bits per heavy atom. The van der Waals surface area contributed by atoms with Crippen molar-refractivity contribution in [2.24, 2.45) is 23.7 Å². The van der Waals surface area contributed by atoms with Crippen LogP contribution in [0.4, 0.5) is 0 Å². The maximum atomic E-state index is 12.3. The smallest absolute Gasteiger partial charge is 0.311 e. The van der Waals surface area contributed by atoms with Crippen LogP contribution in [0.3, 0.4) is 0 Å². The highest BCUT2D eigenvalue weighted by Crippen LogP contribution is 2.39. The van der Waals surface area contributed by atoms with Crippen molar-refractivity contribution in [2.75, 3.05) is 6.61 Å². The van der Waals surface area contributed by atoms with Crippen molar-refractivity contribution >= 4 is 5.97 Å². The molecular formula is C18H32O3. The fourth-order valence-corrected chi connectivity index (χ4v) is 3.47. The van der Waals surface area contributed by atoms with E-state index in [0.29, 0.717) is 17.8 Å². The number of unbranched alkanes of at least 4 members (excludes halogenated alkanes) is 1. The molecule has 0 radical (unpaired) electrons. The summed E-state index contributed by atoms with van der Waals surface area (Å²) in [6.45, 7) is 9.69. The third-order valence-electron chi connectivity index (χ3n) is 5.09. The molecule has 0 N–H and O–H groups in total. The molecule has 2 aliphatic carbocycles. The van der Waals surface area contributed by atoms with Crippen molar-refractivity contribution < 1.29 is 14.3 Å². The molecule has 0 saturated heterocycles. The van der Waals surface area contributed by atoms with Crippen LogP contribution in [0.25, 0.3) is 0 Å². The fourth-order valence-electron chi connectivity index (χ4n) is 3.47. The first-order valence-electron chi connectivity index (χ1n) is 8.85. The van der Waals surface area contributed by atoms with Crippen LogP contribution in [0.5, 0.6) is 0 Å². The van der Waals surface area contributed by atoms with Crippen LogP contribution in [-0.4, -0.2) is 24.8 Å². The van der Waals surface area contributed by atoms with Gasteiger partial charge in [-0.3, -0.25) is 4.79 Å². The zero-order chi connectivity index (χ0) is 15.4. The van der Waals surface area contributed by atoms with E-state index >= 15 is 0 Å². The first-order chi connectivity index (χ1) is 10.0. The van der Waals surface area contributed by atoms with E-state index in [0.717, 1.165) is 32.3 Å². The lowest BCUT2D eigenvalue weighted by molar-refractivity contribution is -0.158. The molecule has 0 amide bonds. The van der Waals surface area contributed by atoms with Gasteiger partial charge in [-0.25, -0.2) is 0 Å². The normalized spacial score (nSPS) is 35.8. The Hall–Kier alpha value is -0.570. The van der Waals surface area contributed by atoms with Gasteiger partial charge < -0.3 is 9.47 Å². The lowest BCUT2D eigenvalue weighted by Crippen LogP contribution is -2.36. The van der Waals surface area contributed by atoms with Gasteiger partial charge in [-0.1, -0.05) is 40.5 Å². The zero-order valence-electron chi connectivity index (χ0n) is 14.1. The molecule has 2 rings (SSSR count). The van der Waals surface area contributed by atoms with Crippen LogP contribution in [-0.2, 0) is 14.3 Å². The van der Waals surface area contributed by atoms with Crippen molar-refractivity contribution in [3.8, 4) is 0 Å². The quantitative estimate of drug-likeness (QED) is 0.522. The standard InChI is InChI=1S/C18H32O3/c1-5-6-9-20-16-11-15(16)18(19)21-17-10-13(4)7-8-14(17)12(2)3/h12-17H,5-11H2,1-4H3/t13-,14+,15-,16-,17-/m0/s1. The molecule has 0 heterocycles. The molecule has 2 aliphatic rings. The van der Waals surface area contributed by atoms with Crippen LogP contribution in [0.15, 0.2) is 0 Å². The average molecular weight is 296 g/mol. The maximum Gasteiger partial charge on any atom is 0.311 e. The predicted molar refractivity (Wildman–Crippen MR) is 84.0 cm³/mol. The monoisotopic (exact) mass is 296 g/mol. The molecule has 3 nitrogen and oxygen atoms in total. The zero-order valence-corrected chi connectivity index (χ0v) is 14.1. The molecule has 5 atom stereocenters. The number of ether oxygens (including phenoxy) is 2. The van der Waals surface area contributed by atoms with Gasteiger partial charge in [0.15, 0.2) is 0 Å². The van der Waals surface area contributed by atoms with E-state index in [2.05, 4.69) is 27.7 Å². The van der Waals surface area contributed by atoms with E-state index in [1.807, 2.05) is 0 Å². The van der Waals surface area contributed by atoms with E-state index in [-0.39, 0.29) is 24.1 Å². The first kappa shape index (κ1) is 16.8. The van der Waals surface area contributed by atoms with Gasteiger partial charge >= 0.3 is 5.97 Å². The van der Waals surface area contributed by atoms with Crippen molar-refractivity contribution in [3.63, 3.8) is 0 Å². The second kappa shape index (κ2) is 7.62. The minimum Gasteiger partial charge on any atom is -0.462 e. The average Bonchev–Trinajstić information content (AvgIpc) is 3.18. The molecule has 0 aromatic heterocycles. The molecule has 0 unspecified atom stereocenters. The highest BCUT2D eigenvalue weighted by Gasteiger charge is 2.47. The Kier molecular flexibility index (Phi) is 6.09. The van der Waals surface area contributed by atoms with E-state index in [9.17, 15) is 4.79 Å². The molecule has 0 bridgehead atoms. The fraction of sp³-hybridized carbons (Fsp3) is 0.944. The summed E-state index contributed by atoms with van der Waals surface area (Å²) in [4.78, 5) is 12.3. The summed E-state index contributed by atoms with van der Waals surface area (Å²) in [6.07, 6.45) is 6.81. The summed E-state index contributed by atoms with van der Waals surface area (Å²) in [7, 11) is 0. The third-order valence-corrected chi connectivity index (χ3v) is 5.09. The van der Waals surface area contributed by atoms with Crippen LogP contribution in [0, 0.1) is 23.7 Å². The summed E-state index contributed by atoms with van der Waals surface area (Å²) in [5.74, 6) is 1.79. The molecule has 122 valence electrons. The topological polar surface area (TPSA) is 35.5 Å². The number of rotatable bonds is 7. The van der Waals surface area contributed by atoms with Crippen molar-refractivity contribution in [3.05, 3.63) is 0 Å². The maximum absolute atomic E-state index is 12.3. The highest BCUT2D eigenvalue weighted by molar-refractivity contribution is 5.76. The Labute approximate surface area is 129 Å². The minimum absolute atomic E-state index is 0.00639. The van der Waals surface area contributed by atoms with Gasteiger partial charge in [-0.05, 0) is 43.4 Å². The minimum atomic E-state index is -0.0127. The highest BCUT2D eigenvalue weighted by atomic mass is 16.6. The Morgan fingerprint density at radius 1 is 1.19 bits per heavy atom. The van der Waals surface area contributed by atoms with Gasteiger partial charge in [-0.15, -0.1) is 0 Å². The summed E-state index contributed by atoms with van der Waals surface area (Å²) >= 11 is 0. The summed E-state index contributed by atoms with van der Waals surface area (Å²) in [5.41, 5.74) is 0. The Morgan fingerprint density at radius 2 is 1.95 bits per heavy atom. The summed E-state index contributed by atoms with van der Waals surface area (Å²) < 4.78 is 11.6. The third kappa shape index (κ3) is 4.70. The molecule has 0 aromatic rings. The largest absolute Gasteiger partial charge is 0.462 e. The molecule has 0 aromatic carbocycles. The summed E-state index contributed by atoms with van der Waals surface area (Å²) in [5, 5.41) is 0. The van der Waals surface area contributed by atoms with E-state index in [1.165, 1.54) is 12.8 Å². The Balaban J connectivity index is 1.78. The number of carbonyl (C=O) groups excluding carboxylic acids is 1. The first-order valence-corrected chi connectivity index (χ1v) is 8.85. The van der Waals surface area contributed by atoms with Crippen LogP contribution in [0.1, 0.15) is 66.2 Å². The molecule has 2 fully saturated rings. The van der Waals surface area contributed by atoms with Gasteiger partial charge in [0.05, 0.1) is 12.0 Å². The lowest BCUT2D eigenvalue weighted by atomic mass is 9.75. The number of esters is 1. The van der Waals surface area contributed by atoms with Crippen LogP contribution < -0.4 is 0 Å². The second-order valence-corrected chi connectivity index (χ2v) is 7.41. The molecule has 2 saturated carbocycles. The van der Waals surface area contributed by atoms with Gasteiger partial charge in [0.2, 0.25) is 0 Å². The lowest BCUT2D eigenvalue weighted by Gasteiger charge is -2.36. The van der Waals surface area contributed by atoms with Crippen molar-refractivity contribution in [2.45, 2.75) is 78.4 Å². The number of carbonyl (C=O) groups is 1. The molecule has 3 heteroatoms. The van der Waals surface area contributed by atoms with E-state index in [1.54, 1.807) is 0 Å². The SMILES string of the molecule is CCCCO[C@H]1C[C@@H]1C(=O)O[C@H]1C[C@@H](C)CC[C@@H]1C(C)C. The molecule has 21 heavy (non-hydrogen) atoms. The number of hydrogen-bond acceptors (Lipinski definition) is 3. The Bertz CT molecular complexity index is 339. The van der Waals surface area contributed by atoms with Gasteiger partial charge in [-0.2, -0.15) is 0 Å². The van der Waals surface area contributed by atoms with Gasteiger partial charge in [0, 0.05) is 6.61 Å². The predicted octanol–water partition coefficient (Wildman–Crippen LogP) is 4.20. The van der Waals surface area contributed by atoms with E-state index < -0.39 is 0 Å². The van der Waals surface area contributed by atoms with Crippen molar-refractivity contribution in [1.82, 2.24) is 0 Å².